The van der Waals surface area contributed by atoms with Crippen molar-refractivity contribution in [2.24, 2.45) is 11.7 Å². The van der Waals surface area contributed by atoms with Gasteiger partial charge in [-0.1, -0.05) is 13.8 Å². The first kappa shape index (κ1) is 13.5. The van der Waals surface area contributed by atoms with Gasteiger partial charge in [0.15, 0.2) is 0 Å². The molecule has 0 bridgehead atoms. The maximum Gasteiger partial charge on any atom is 0.326 e. The normalized spacial score (nSPS) is 19.9. The largest absolute Gasteiger partial charge is 0.468 e. The summed E-state index contributed by atoms with van der Waals surface area (Å²) in [5.74, 6) is 0.260. The molecule has 1 unspecified atom stereocenters. The smallest absolute Gasteiger partial charge is 0.326 e. The third-order valence-electron chi connectivity index (χ3n) is 2.85. The highest BCUT2D eigenvalue weighted by molar-refractivity contribution is 5.80. The van der Waals surface area contributed by atoms with Crippen LogP contribution in [0.25, 0.3) is 0 Å². The summed E-state index contributed by atoms with van der Waals surface area (Å²) in [6.45, 7) is 7.69. The molecule has 0 heterocycles. The van der Waals surface area contributed by atoms with Gasteiger partial charge in [0.2, 0.25) is 0 Å². The van der Waals surface area contributed by atoms with Gasteiger partial charge in [0.1, 0.15) is 5.54 Å². The van der Waals surface area contributed by atoms with E-state index in [4.69, 9.17) is 10.5 Å². The summed E-state index contributed by atoms with van der Waals surface area (Å²) in [5, 5.41) is 0. The summed E-state index contributed by atoms with van der Waals surface area (Å²) in [6.07, 6.45) is 2.45. The van der Waals surface area contributed by atoms with Crippen LogP contribution in [0.4, 0.5) is 0 Å². The molecule has 1 saturated carbocycles. The standard InChI is InChI=1S/C12H24N2O2/c1-9(2)7-14(10-5-6-10)8-12(3,13)11(15)16-4/h9-10H,5-8,13H2,1-4H3. The minimum absolute atomic E-state index is 0.332. The van der Waals surface area contributed by atoms with Crippen LogP contribution < -0.4 is 5.73 Å². The first-order valence-corrected chi connectivity index (χ1v) is 5.98. The van der Waals surface area contributed by atoms with Gasteiger partial charge in [0.05, 0.1) is 7.11 Å². The summed E-state index contributed by atoms with van der Waals surface area (Å²) in [5.41, 5.74) is 5.10. The lowest BCUT2D eigenvalue weighted by atomic mass is 10.0. The molecule has 1 aliphatic rings. The fraction of sp³-hybridized carbons (Fsp3) is 0.917. The second kappa shape index (κ2) is 5.15. The molecule has 94 valence electrons. The van der Waals surface area contributed by atoms with Crippen LogP contribution in [0.1, 0.15) is 33.6 Å². The van der Waals surface area contributed by atoms with Crippen LogP contribution in [-0.4, -0.2) is 42.6 Å². The SMILES string of the molecule is COC(=O)C(C)(N)CN(CC(C)C)C1CC1. The van der Waals surface area contributed by atoms with Crippen molar-refractivity contribution in [2.45, 2.75) is 45.2 Å². The Morgan fingerprint density at radius 3 is 2.50 bits per heavy atom. The van der Waals surface area contributed by atoms with Crippen LogP contribution in [-0.2, 0) is 9.53 Å². The number of ether oxygens (including phenoxy) is 1. The summed E-state index contributed by atoms with van der Waals surface area (Å²) < 4.78 is 4.73. The Morgan fingerprint density at radius 2 is 2.12 bits per heavy atom. The van der Waals surface area contributed by atoms with Crippen molar-refractivity contribution in [2.75, 3.05) is 20.2 Å². The molecule has 1 fully saturated rings. The second-order valence-corrected chi connectivity index (χ2v) is 5.46. The number of rotatable bonds is 6. The Morgan fingerprint density at radius 1 is 1.56 bits per heavy atom. The van der Waals surface area contributed by atoms with Crippen LogP contribution >= 0.6 is 0 Å². The van der Waals surface area contributed by atoms with Crippen molar-refractivity contribution in [1.82, 2.24) is 4.90 Å². The van der Waals surface area contributed by atoms with E-state index in [1.807, 2.05) is 0 Å². The zero-order valence-electron chi connectivity index (χ0n) is 10.8. The molecule has 2 N–H and O–H groups in total. The summed E-state index contributed by atoms with van der Waals surface area (Å²) >= 11 is 0. The Hall–Kier alpha value is -0.610. The van der Waals surface area contributed by atoms with E-state index in [0.717, 1.165) is 6.54 Å². The van der Waals surface area contributed by atoms with Crippen LogP contribution in [0.3, 0.4) is 0 Å². The van der Waals surface area contributed by atoms with Gasteiger partial charge in [-0.3, -0.25) is 9.69 Å². The summed E-state index contributed by atoms with van der Waals surface area (Å²) in [7, 11) is 1.39. The predicted octanol–water partition coefficient (Wildman–Crippen LogP) is 0.997. The topological polar surface area (TPSA) is 55.6 Å². The molecule has 0 saturated heterocycles. The van der Waals surface area contributed by atoms with E-state index in [2.05, 4.69) is 18.7 Å². The Balaban J connectivity index is 2.56. The minimum atomic E-state index is -0.897. The van der Waals surface area contributed by atoms with Gasteiger partial charge in [-0.05, 0) is 25.7 Å². The maximum absolute atomic E-state index is 11.5. The van der Waals surface area contributed by atoms with Crippen molar-refractivity contribution >= 4 is 5.97 Å². The van der Waals surface area contributed by atoms with Gasteiger partial charge in [0.25, 0.3) is 0 Å². The molecular weight excluding hydrogens is 204 g/mol. The minimum Gasteiger partial charge on any atom is -0.468 e. The molecule has 4 nitrogen and oxygen atoms in total. The maximum atomic E-state index is 11.5. The zero-order valence-corrected chi connectivity index (χ0v) is 10.8. The molecular formula is C12H24N2O2. The number of esters is 1. The Kier molecular flexibility index (Phi) is 4.33. The van der Waals surface area contributed by atoms with E-state index in [-0.39, 0.29) is 5.97 Å². The molecule has 16 heavy (non-hydrogen) atoms. The highest BCUT2D eigenvalue weighted by atomic mass is 16.5. The fourth-order valence-corrected chi connectivity index (χ4v) is 1.97. The molecule has 1 rings (SSSR count). The number of carbonyl (C=O) groups excluding carboxylic acids is 1. The first-order chi connectivity index (χ1) is 7.36. The molecule has 0 amide bonds. The van der Waals surface area contributed by atoms with E-state index in [1.165, 1.54) is 20.0 Å². The van der Waals surface area contributed by atoms with Gasteiger partial charge >= 0.3 is 5.97 Å². The number of methoxy groups -OCH3 is 1. The third kappa shape index (κ3) is 3.76. The van der Waals surface area contributed by atoms with Crippen molar-refractivity contribution < 1.29 is 9.53 Å². The number of hydrogen-bond donors (Lipinski definition) is 1. The van der Waals surface area contributed by atoms with Gasteiger partial charge < -0.3 is 10.5 Å². The van der Waals surface area contributed by atoms with E-state index < -0.39 is 5.54 Å². The number of carbonyl (C=O) groups is 1. The highest BCUT2D eigenvalue weighted by Crippen LogP contribution is 2.28. The van der Waals surface area contributed by atoms with E-state index in [1.54, 1.807) is 6.92 Å². The lowest BCUT2D eigenvalue weighted by Gasteiger charge is -2.31. The molecule has 0 aromatic carbocycles. The summed E-state index contributed by atoms with van der Waals surface area (Å²) in [4.78, 5) is 13.8. The average molecular weight is 228 g/mol. The quantitative estimate of drug-likeness (QED) is 0.689. The highest BCUT2D eigenvalue weighted by Gasteiger charge is 2.37. The Bertz CT molecular complexity index is 247. The third-order valence-corrected chi connectivity index (χ3v) is 2.85. The van der Waals surface area contributed by atoms with Crippen LogP contribution in [0.2, 0.25) is 0 Å². The predicted molar refractivity (Wildman–Crippen MR) is 64.0 cm³/mol. The lowest BCUT2D eigenvalue weighted by Crippen LogP contribution is -2.55. The summed E-state index contributed by atoms with van der Waals surface area (Å²) in [6, 6.07) is 0.620. The van der Waals surface area contributed by atoms with Gasteiger partial charge in [-0.25, -0.2) is 0 Å². The van der Waals surface area contributed by atoms with Crippen LogP contribution in [0.15, 0.2) is 0 Å². The molecule has 0 aromatic heterocycles. The molecule has 1 atom stereocenters. The van der Waals surface area contributed by atoms with Crippen LogP contribution in [0.5, 0.6) is 0 Å². The van der Waals surface area contributed by atoms with Crippen molar-refractivity contribution in [3.63, 3.8) is 0 Å². The molecule has 0 aromatic rings. The first-order valence-electron chi connectivity index (χ1n) is 5.98. The van der Waals surface area contributed by atoms with Crippen molar-refractivity contribution in [3.05, 3.63) is 0 Å². The molecule has 0 radical (unpaired) electrons. The molecule has 4 heteroatoms. The lowest BCUT2D eigenvalue weighted by molar-refractivity contribution is -0.147. The molecule has 0 aliphatic heterocycles. The number of nitrogens with two attached hydrogens (primary N) is 1. The van der Waals surface area contributed by atoms with Crippen molar-refractivity contribution in [1.29, 1.82) is 0 Å². The van der Waals surface area contributed by atoms with Crippen LogP contribution in [0, 0.1) is 5.92 Å². The van der Waals surface area contributed by atoms with Gasteiger partial charge in [-0.15, -0.1) is 0 Å². The monoisotopic (exact) mass is 228 g/mol. The molecule has 0 spiro atoms. The van der Waals surface area contributed by atoms with E-state index >= 15 is 0 Å². The van der Waals surface area contributed by atoms with E-state index in [0.29, 0.717) is 18.5 Å². The fourth-order valence-electron chi connectivity index (χ4n) is 1.97. The number of nitrogens with zero attached hydrogens (tertiary/aromatic N) is 1. The molecule has 1 aliphatic carbocycles. The Labute approximate surface area is 98.1 Å². The second-order valence-electron chi connectivity index (χ2n) is 5.46. The van der Waals surface area contributed by atoms with Crippen molar-refractivity contribution in [3.8, 4) is 0 Å². The average Bonchev–Trinajstić information content (AvgIpc) is 2.97. The van der Waals surface area contributed by atoms with Gasteiger partial charge in [0, 0.05) is 19.1 Å². The zero-order chi connectivity index (χ0) is 12.3. The van der Waals surface area contributed by atoms with Gasteiger partial charge in [-0.2, -0.15) is 0 Å². The number of hydrogen-bond acceptors (Lipinski definition) is 4. The van der Waals surface area contributed by atoms with E-state index in [9.17, 15) is 4.79 Å².